The molecule has 1 amide bonds. The van der Waals surface area contributed by atoms with Crippen LogP contribution in [0.25, 0.3) is 0 Å². The van der Waals surface area contributed by atoms with Crippen molar-refractivity contribution >= 4 is 5.91 Å². The number of nitrogens with zero attached hydrogens (tertiary/aromatic N) is 1. The van der Waals surface area contributed by atoms with Crippen LogP contribution in [0.5, 0.6) is 0 Å². The van der Waals surface area contributed by atoms with Gasteiger partial charge in [-0.1, -0.05) is 44.2 Å². The molecule has 1 aromatic rings. The summed E-state index contributed by atoms with van der Waals surface area (Å²) in [6.07, 6.45) is 3.90. The normalized spacial score (nSPS) is 31.9. The summed E-state index contributed by atoms with van der Waals surface area (Å²) in [6.45, 7) is 8.41. The Bertz CT molecular complexity index is 601. The summed E-state index contributed by atoms with van der Waals surface area (Å²) in [6, 6.07) is 10.7. The van der Waals surface area contributed by atoms with Gasteiger partial charge in [-0.2, -0.15) is 0 Å². The first-order valence-electron chi connectivity index (χ1n) is 9.65. The van der Waals surface area contributed by atoms with Crippen LogP contribution in [0, 0.1) is 5.41 Å². The summed E-state index contributed by atoms with van der Waals surface area (Å²) >= 11 is 0. The highest BCUT2D eigenvalue weighted by atomic mass is 16.5. The van der Waals surface area contributed by atoms with Crippen LogP contribution in [0.15, 0.2) is 30.3 Å². The van der Waals surface area contributed by atoms with Gasteiger partial charge in [0.1, 0.15) is 5.54 Å². The second-order valence-electron chi connectivity index (χ2n) is 8.17. The summed E-state index contributed by atoms with van der Waals surface area (Å²) < 4.78 is 5.77. The van der Waals surface area contributed by atoms with E-state index in [9.17, 15) is 4.79 Å². The molecule has 0 bridgehead atoms. The van der Waals surface area contributed by atoms with E-state index in [1.807, 2.05) is 11.8 Å². The Labute approximate surface area is 151 Å². The Kier molecular flexibility index (Phi) is 5.21. The fraction of sp³-hybridized carbons (Fsp3) is 0.667. The first-order valence-corrected chi connectivity index (χ1v) is 9.65. The minimum Gasteiger partial charge on any atom is -0.378 e. The molecular formula is C21H32N2O2. The van der Waals surface area contributed by atoms with Crippen molar-refractivity contribution in [2.75, 3.05) is 19.7 Å². The third-order valence-corrected chi connectivity index (χ3v) is 6.50. The lowest BCUT2D eigenvalue weighted by molar-refractivity contribution is -0.179. The van der Waals surface area contributed by atoms with Crippen molar-refractivity contribution in [1.82, 2.24) is 4.90 Å². The zero-order valence-corrected chi connectivity index (χ0v) is 15.8. The third-order valence-electron chi connectivity index (χ3n) is 6.50. The summed E-state index contributed by atoms with van der Waals surface area (Å²) in [5.74, 6) is 0.653. The maximum absolute atomic E-state index is 13.2. The van der Waals surface area contributed by atoms with Gasteiger partial charge in [-0.25, -0.2) is 0 Å². The number of nitrogens with two attached hydrogens (primary N) is 1. The van der Waals surface area contributed by atoms with Gasteiger partial charge in [-0.3, -0.25) is 4.79 Å². The van der Waals surface area contributed by atoms with E-state index in [2.05, 4.69) is 44.2 Å². The molecule has 0 radical (unpaired) electrons. The van der Waals surface area contributed by atoms with Gasteiger partial charge in [0.25, 0.3) is 0 Å². The predicted octanol–water partition coefficient (Wildman–Crippen LogP) is 3.32. The van der Waals surface area contributed by atoms with Gasteiger partial charge in [-0.15, -0.1) is 0 Å². The van der Waals surface area contributed by atoms with Gasteiger partial charge < -0.3 is 15.4 Å². The number of carbonyl (C=O) groups is 1. The summed E-state index contributed by atoms with van der Waals surface area (Å²) in [7, 11) is 0. The summed E-state index contributed by atoms with van der Waals surface area (Å²) in [5, 5.41) is 0. The van der Waals surface area contributed by atoms with Crippen LogP contribution in [-0.4, -0.2) is 42.1 Å². The lowest BCUT2D eigenvalue weighted by Gasteiger charge is -2.58. The molecule has 2 fully saturated rings. The molecule has 25 heavy (non-hydrogen) atoms. The van der Waals surface area contributed by atoms with E-state index < -0.39 is 5.54 Å². The number of rotatable bonds is 4. The third kappa shape index (κ3) is 3.22. The lowest BCUT2D eigenvalue weighted by Crippen LogP contribution is -2.76. The van der Waals surface area contributed by atoms with Crippen LogP contribution in [0.3, 0.4) is 0 Å². The van der Waals surface area contributed by atoms with Gasteiger partial charge in [0.2, 0.25) is 5.91 Å². The van der Waals surface area contributed by atoms with Crippen LogP contribution in [-0.2, 0) is 9.53 Å². The van der Waals surface area contributed by atoms with Crippen LogP contribution < -0.4 is 5.73 Å². The maximum Gasteiger partial charge on any atom is 0.243 e. The largest absolute Gasteiger partial charge is 0.378 e. The molecule has 1 aromatic carbocycles. The Morgan fingerprint density at radius 1 is 1.24 bits per heavy atom. The second-order valence-corrected chi connectivity index (χ2v) is 8.17. The molecule has 3 atom stereocenters. The zero-order chi connectivity index (χ0) is 18.1. The number of amides is 1. The Morgan fingerprint density at radius 3 is 2.60 bits per heavy atom. The van der Waals surface area contributed by atoms with Crippen LogP contribution >= 0.6 is 0 Å². The van der Waals surface area contributed by atoms with Crippen molar-refractivity contribution in [1.29, 1.82) is 0 Å². The van der Waals surface area contributed by atoms with Crippen molar-refractivity contribution in [3.63, 3.8) is 0 Å². The molecule has 3 rings (SSSR count). The van der Waals surface area contributed by atoms with E-state index in [1.54, 1.807) is 0 Å². The first kappa shape index (κ1) is 18.4. The Morgan fingerprint density at radius 2 is 1.96 bits per heavy atom. The fourth-order valence-electron chi connectivity index (χ4n) is 4.44. The van der Waals surface area contributed by atoms with E-state index in [0.717, 1.165) is 32.4 Å². The van der Waals surface area contributed by atoms with Crippen molar-refractivity contribution in [2.24, 2.45) is 11.1 Å². The minimum absolute atomic E-state index is 0.0792. The fourth-order valence-corrected chi connectivity index (χ4v) is 4.44. The molecule has 1 aliphatic carbocycles. The van der Waals surface area contributed by atoms with Crippen LogP contribution in [0.1, 0.15) is 57.9 Å². The highest BCUT2D eigenvalue weighted by Crippen LogP contribution is 2.50. The number of ether oxygens (including phenoxy) is 1. The standard InChI is InChI=1S/C21H32N2O2/c1-4-25-18-15-21(22,20(18,2)3)19(24)23-13-8-11-17(12-14-23)16-9-6-5-7-10-16/h5-7,9-10,17-18H,4,8,11-15,22H2,1-3H3. The van der Waals surface area contributed by atoms with E-state index in [1.165, 1.54) is 5.56 Å². The topological polar surface area (TPSA) is 55.6 Å². The van der Waals surface area contributed by atoms with E-state index >= 15 is 0 Å². The molecule has 2 N–H and O–H groups in total. The Balaban J connectivity index is 1.66. The van der Waals surface area contributed by atoms with Crippen molar-refractivity contribution in [2.45, 2.75) is 64.0 Å². The molecule has 1 saturated carbocycles. The molecule has 2 aliphatic rings. The molecule has 3 unspecified atom stereocenters. The highest BCUT2D eigenvalue weighted by Gasteiger charge is 2.63. The SMILES string of the molecule is CCOC1CC(N)(C(=O)N2CCCC(c3ccccc3)CC2)C1(C)C. The van der Waals surface area contributed by atoms with Crippen molar-refractivity contribution in [3.05, 3.63) is 35.9 Å². The van der Waals surface area contributed by atoms with Gasteiger partial charge >= 0.3 is 0 Å². The van der Waals surface area contributed by atoms with Gasteiger partial charge in [0, 0.05) is 31.5 Å². The monoisotopic (exact) mass is 344 g/mol. The van der Waals surface area contributed by atoms with Gasteiger partial charge in [0.15, 0.2) is 0 Å². The number of carbonyl (C=O) groups excluding carboxylic acids is 1. The quantitative estimate of drug-likeness (QED) is 0.911. The number of benzene rings is 1. The highest BCUT2D eigenvalue weighted by molar-refractivity contribution is 5.89. The molecule has 4 heteroatoms. The zero-order valence-electron chi connectivity index (χ0n) is 15.8. The molecule has 1 saturated heterocycles. The van der Waals surface area contributed by atoms with E-state index in [4.69, 9.17) is 10.5 Å². The molecule has 4 nitrogen and oxygen atoms in total. The molecule has 1 aliphatic heterocycles. The average Bonchev–Trinajstić information content (AvgIpc) is 2.87. The minimum atomic E-state index is -0.792. The maximum atomic E-state index is 13.2. The first-order chi connectivity index (χ1) is 11.9. The van der Waals surface area contributed by atoms with Crippen LogP contribution in [0.4, 0.5) is 0 Å². The average molecular weight is 344 g/mol. The van der Waals surface area contributed by atoms with Crippen molar-refractivity contribution < 1.29 is 9.53 Å². The van der Waals surface area contributed by atoms with Crippen LogP contribution in [0.2, 0.25) is 0 Å². The molecule has 1 heterocycles. The number of hydrogen-bond acceptors (Lipinski definition) is 3. The lowest BCUT2D eigenvalue weighted by atomic mass is 9.54. The number of hydrogen-bond donors (Lipinski definition) is 1. The van der Waals surface area contributed by atoms with E-state index in [-0.39, 0.29) is 17.4 Å². The van der Waals surface area contributed by atoms with Crippen molar-refractivity contribution in [3.8, 4) is 0 Å². The predicted molar refractivity (Wildman–Crippen MR) is 100 cm³/mol. The summed E-state index contributed by atoms with van der Waals surface area (Å²) in [4.78, 5) is 15.2. The van der Waals surface area contributed by atoms with Gasteiger partial charge in [-0.05, 0) is 37.7 Å². The van der Waals surface area contributed by atoms with Gasteiger partial charge in [0.05, 0.1) is 6.10 Å². The van der Waals surface area contributed by atoms with E-state index in [0.29, 0.717) is 18.9 Å². The molecule has 0 spiro atoms. The summed E-state index contributed by atoms with van der Waals surface area (Å²) in [5.41, 5.74) is 6.88. The smallest absolute Gasteiger partial charge is 0.243 e. The molecule has 138 valence electrons. The second kappa shape index (κ2) is 7.08. The molecule has 0 aromatic heterocycles. The Hall–Kier alpha value is -1.39. The molecular weight excluding hydrogens is 312 g/mol. The number of likely N-dealkylation sites (tertiary alicyclic amines) is 1.